The number of nitrogens with zero attached hydrogens (tertiary/aromatic N) is 2. The van der Waals surface area contributed by atoms with Gasteiger partial charge in [-0.2, -0.15) is 0 Å². The number of carbonyl (C=O) groups excluding carboxylic acids is 4. The average molecular weight is 410 g/mol. The zero-order valence-corrected chi connectivity index (χ0v) is 17.1. The molecule has 0 radical (unpaired) electrons. The van der Waals surface area contributed by atoms with Crippen molar-refractivity contribution in [3.05, 3.63) is 34.9 Å². The van der Waals surface area contributed by atoms with Gasteiger partial charge in [0.05, 0.1) is 11.1 Å². The van der Waals surface area contributed by atoms with E-state index in [9.17, 15) is 19.2 Å². The van der Waals surface area contributed by atoms with E-state index in [0.29, 0.717) is 29.6 Å². The number of amides is 4. The summed E-state index contributed by atoms with van der Waals surface area (Å²) < 4.78 is 0. The predicted octanol–water partition coefficient (Wildman–Crippen LogP) is 0.791. The number of hydrogen-bond donors (Lipinski definition) is 2. The van der Waals surface area contributed by atoms with Gasteiger partial charge in [0, 0.05) is 31.6 Å². The highest BCUT2D eigenvalue weighted by Gasteiger charge is 2.63. The molecule has 0 spiro atoms. The highest BCUT2D eigenvalue weighted by molar-refractivity contribution is 6.23. The Kier molecular flexibility index (Phi) is 4.17. The molecule has 8 nitrogen and oxygen atoms in total. The molecule has 0 aromatic heterocycles. The van der Waals surface area contributed by atoms with Crippen molar-refractivity contribution >= 4 is 23.6 Å². The van der Waals surface area contributed by atoms with Gasteiger partial charge in [-0.1, -0.05) is 13.0 Å². The van der Waals surface area contributed by atoms with E-state index in [1.165, 1.54) is 0 Å². The molecule has 1 aliphatic carbocycles. The standard InChI is InChI=1S/C22H26N4O4/c1-2-21-9-22(10-21,11-23)25(12-21)8-13-3-4-14-15(7-13)20(30)26(19(14)29)16-5-6-17(27)24-18(16)28/h3-4,7,16H,2,5-6,8-12,23H2,1H3,(H,24,27,28). The highest BCUT2D eigenvalue weighted by Crippen LogP contribution is 2.60. The maximum atomic E-state index is 13.0. The van der Waals surface area contributed by atoms with Crippen LogP contribution >= 0.6 is 0 Å². The summed E-state index contributed by atoms with van der Waals surface area (Å²) in [6, 6.07) is 4.41. The maximum Gasteiger partial charge on any atom is 0.262 e. The van der Waals surface area contributed by atoms with E-state index < -0.39 is 23.8 Å². The van der Waals surface area contributed by atoms with Crippen molar-refractivity contribution in [2.45, 2.75) is 57.2 Å². The number of piperidine rings is 1. The Morgan fingerprint density at radius 1 is 1.13 bits per heavy atom. The van der Waals surface area contributed by atoms with Gasteiger partial charge in [0.2, 0.25) is 11.8 Å². The fourth-order valence-electron chi connectivity index (χ4n) is 5.95. The second-order valence-electron chi connectivity index (χ2n) is 9.32. The van der Waals surface area contributed by atoms with Gasteiger partial charge in [-0.05, 0) is 48.8 Å². The predicted molar refractivity (Wildman–Crippen MR) is 107 cm³/mol. The lowest BCUT2D eigenvalue weighted by molar-refractivity contribution is -0.136. The number of carbonyl (C=O) groups is 4. The maximum absolute atomic E-state index is 13.0. The van der Waals surface area contributed by atoms with Gasteiger partial charge in [-0.15, -0.1) is 0 Å². The molecular weight excluding hydrogens is 384 g/mol. The number of imide groups is 2. The molecule has 4 amide bonds. The molecule has 3 N–H and O–H groups in total. The molecule has 1 aromatic carbocycles. The molecule has 4 fully saturated rings. The summed E-state index contributed by atoms with van der Waals surface area (Å²) in [4.78, 5) is 52.9. The second-order valence-corrected chi connectivity index (χ2v) is 9.32. The van der Waals surface area contributed by atoms with Gasteiger partial charge < -0.3 is 5.73 Å². The van der Waals surface area contributed by atoms with Crippen molar-refractivity contribution in [2.75, 3.05) is 13.1 Å². The Morgan fingerprint density at radius 3 is 2.53 bits per heavy atom. The third kappa shape index (κ3) is 2.60. The summed E-state index contributed by atoms with van der Waals surface area (Å²) in [6.07, 6.45) is 3.67. The van der Waals surface area contributed by atoms with Crippen LogP contribution in [0.1, 0.15) is 65.3 Å². The number of hydrogen-bond acceptors (Lipinski definition) is 6. The van der Waals surface area contributed by atoms with Crippen molar-refractivity contribution in [3.8, 4) is 0 Å². The van der Waals surface area contributed by atoms with E-state index in [4.69, 9.17) is 5.73 Å². The monoisotopic (exact) mass is 410 g/mol. The van der Waals surface area contributed by atoms with Crippen LogP contribution in [-0.4, -0.2) is 58.1 Å². The fourth-order valence-corrected chi connectivity index (χ4v) is 5.95. The molecule has 2 bridgehead atoms. The molecule has 5 aliphatic rings. The van der Waals surface area contributed by atoms with E-state index >= 15 is 0 Å². The summed E-state index contributed by atoms with van der Waals surface area (Å²) in [7, 11) is 0. The van der Waals surface area contributed by atoms with Crippen LogP contribution in [0, 0.1) is 5.41 Å². The minimum absolute atomic E-state index is 0.0492. The van der Waals surface area contributed by atoms with Crippen molar-refractivity contribution in [2.24, 2.45) is 11.1 Å². The second kappa shape index (κ2) is 6.46. The lowest BCUT2D eigenvalue weighted by atomic mass is 9.61. The zero-order valence-electron chi connectivity index (χ0n) is 17.1. The zero-order chi connectivity index (χ0) is 21.3. The molecule has 4 heterocycles. The third-order valence-corrected chi connectivity index (χ3v) is 7.61. The Labute approximate surface area is 174 Å². The Morgan fingerprint density at radius 2 is 1.87 bits per heavy atom. The smallest absolute Gasteiger partial charge is 0.262 e. The van der Waals surface area contributed by atoms with Crippen molar-refractivity contribution in [1.82, 2.24) is 15.1 Å². The van der Waals surface area contributed by atoms with Gasteiger partial charge in [0.15, 0.2) is 0 Å². The van der Waals surface area contributed by atoms with E-state index in [-0.39, 0.29) is 24.3 Å². The summed E-state index contributed by atoms with van der Waals surface area (Å²) in [6.45, 7) is 4.55. The van der Waals surface area contributed by atoms with Crippen LogP contribution in [0.4, 0.5) is 0 Å². The average Bonchev–Trinajstić information content (AvgIpc) is 3.27. The molecule has 6 rings (SSSR count). The lowest BCUT2D eigenvalue weighted by Crippen LogP contribution is -2.54. The molecule has 8 heteroatoms. The van der Waals surface area contributed by atoms with E-state index in [1.54, 1.807) is 12.1 Å². The lowest BCUT2D eigenvalue weighted by Gasteiger charge is -2.47. The number of rotatable bonds is 5. The fraction of sp³-hybridized carbons (Fsp3) is 0.545. The van der Waals surface area contributed by atoms with Gasteiger partial charge in [0.1, 0.15) is 6.04 Å². The van der Waals surface area contributed by atoms with Crippen LogP contribution in [0.2, 0.25) is 0 Å². The Hall–Kier alpha value is -2.58. The first kappa shape index (κ1) is 19.4. The van der Waals surface area contributed by atoms with Crippen LogP contribution in [0.15, 0.2) is 18.2 Å². The van der Waals surface area contributed by atoms with Crippen LogP contribution in [0.25, 0.3) is 0 Å². The Bertz CT molecular complexity index is 981. The normalized spacial score (nSPS) is 33.0. The molecule has 1 aromatic rings. The molecular formula is C22H26N4O4. The van der Waals surface area contributed by atoms with E-state index in [2.05, 4.69) is 17.1 Å². The van der Waals surface area contributed by atoms with Gasteiger partial charge in [0.25, 0.3) is 11.8 Å². The van der Waals surface area contributed by atoms with E-state index in [1.807, 2.05) is 6.07 Å². The molecule has 3 saturated heterocycles. The third-order valence-electron chi connectivity index (χ3n) is 7.61. The van der Waals surface area contributed by atoms with Crippen LogP contribution in [-0.2, 0) is 16.1 Å². The van der Waals surface area contributed by atoms with Crippen molar-refractivity contribution < 1.29 is 19.2 Å². The SMILES string of the molecule is CCC12CN(Cc3ccc4c(c3)C(=O)N(C3CCC(=O)NC3=O)C4=O)C(CN)(C1)C2. The number of benzene rings is 1. The largest absolute Gasteiger partial charge is 0.329 e. The number of nitrogens with two attached hydrogens (primary N) is 1. The molecule has 1 atom stereocenters. The first-order valence-corrected chi connectivity index (χ1v) is 10.6. The van der Waals surface area contributed by atoms with Crippen molar-refractivity contribution in [1.29, 1.82) is 0 Å². The summed E-state index contributed by atoms with van der Waals surface area (Å²) in [5.74, 6) is -1.90. The van der Waals surface area contributed by atoms with Crippen molar-refractivity contribution in [3.63, 3.8) is 0 Å². The summed E-state index contributed by atoms with van der Waals surface area (Å²) in [5.41, 5.74) is 8.14. The summed E-state index contributed by atoms with van der Waals surface area (Å²) in [5, 5.41) is 2.22. The van der Waals surface area contributed by atoms with Crippen LogP contribution < -0.4 is 11.1 Å². The minimum atomic E-state index is -0.936. The Balaban J connectivity index is 1.38. The van der Waals surface area contributed by atoms with Gasteiger partial charge >= 0.3 is 0 Å². The molecule has 4 aliphatic heterocycles. The number of nitrogens with one attached hydrogen (secondary N) is 1. The molecule has 1 unspecified atom stereocenters. The van der Waals surface area contributed by atoms with Crippen LogP contribution in [0.3, 0.4) is 0 Å². The minimum Gasteiger partial charge on any atom is -0.329 e. The quantitative estimate of drug-likeness (QED) is 0.694. The number of fused-ring (bicyclic) bond motifs is 2. The van der Waals surface area contributed by atoms with Crippen LogP contribution in [0.5, 0.6) is 0 Å². The molecule has 1 saturated carbocycles. The molecule has 30 heavy (non-hydrogen) atoms. The summed E-state index contributed by atoms with van der Waals surface area (Å²) >= 11 is 0. The van der Waals surface area contributed by atoms with Gasteiger partial charge in [-0.25, -0.2) is 0 Å². The topological polar surface area (TPSA) is 113 Å². The van der Waals surface area contributed by atoms with E-state index in [0.717, 1.165) is 36.3 Å². The highest BCUT2D eigenvalue weighted by atomic mass is 16.2. The molecule has 158 valence electrons. The first-order valence-electron chi connectivity index (χ1n) is 10.6. The first-order chi connectivity index (χ1) is 14.3. The van der Waals surface area contributed by atoms with Gasteiger partial charge in [-0.3, -0.25) is 34.3 Å².